The number of carbonyl (C=O) groups excluding carboxylic acids is 1. The Morgan fingerprint density at radius 3 is 2.88 bits per heavy atom. The zero-order valence-electron chi connectivity index (χ0n) is 8.71. The van der Waals surface area contributed by atoms with E-state index in [2.05, 4.69) is 10.4 Å². The van der Waals surface area contributed by atoms with E-state index in [4.69, 9.17) is 4.42 Å². The van der Waals surface area contributed by atoms with Crippen LogP contribution in [0.3, 0.4) is 0 Å². The van der Waals surface area contributed by atoms with Crippen LogP contribution in [0.4, 0.5) is 10.7 Å². The normalized spacial score (nSPS) is 10.4. The van der Waals surface area contributed by atoms with Crippen molar-refractivity contribution in [3.63, 3.8) is 0 Å². The second-order valence-corrected chi connectivity index (χ2v) is 2.76. The Kier molecular flexibility index (Phi) is 3.59. The van der Waals surface area contributed by atoms with Gasteiger partial charge in [-0.2, -0.15) is 5.10 Å². The van der Waals surface area contributed by atoms with Gasteiger partial charge < -0.3 is 9.73 Å². The molecule has 2 amide bonds. The molecule has 0 aliphatic carbocycles. The number of hydrogen-bond acceptors (Lipinski definition) is 5. The Hall–Kier alpha value is -2.38. The average molecular weight is 226 g/mol. The summed E-state index contributed by atoms with van der Waals surface area (Å²) < 4.78 is 4.80. The van der Waals surface area contributed by atoms with Crippen LogP contribution in [-0.2, 0) is 0 Å². The van der Waals surface area contributed by atoms with Crippen LogP contribution in [-0.4, -0.2) is 36.3 Å². The summed E-state index contributed by atoms with van der Waals surface area (Å²) >= 11 is 0. The number of nitrogens with zero attached hydrogens (tertiary/aromatic N) is 3. The van der Waals surface area contributed by atoms with Crippen LogP contribution in [0.1, 0.15) is 5.76 Å². The molecule has 0 unspecified atom stereocenters. The van der Waals surface area contributed by atoms with Crippen molar-refractivity contribution < 1.29 is 14.1 Å². The van der Waals surface area contributed by atoms with Gasteiger partial charge in [-0.05, 0) is 6.07 Å². The first-order valence-corrected chi connectivity index (χ1v) is 4.28. The lowest BCUT2D eigenvalue weighted by molar-refractivity contribution is -0.402. The van der Waals surface area contributed by atoms with E-state index in [9.17, 15) is 14.9 Å². The van der Waals surface area contributed by atoms with Crippen LogP contribution >= 0.6 is 0 Å². The molecule has 0 aliphatic rings. The second kappa shape index (κ2) is 4.91. The maximum Gasteiger partial charge on any atom is 0.433 e. The molecule has 0 bridgehead atoms. The molecular formula is C8H10N4O4. The number of carbonyl (C=O) groups is 1. The summed E-state index contributed by atoms with van der Waals surface area (Å²) in [4.78, 5) is 20.7. The Morgan fingerprint density at radius 1 is 1.69 bits per heavy atom. The Balaban J connectivity index is 2.69. The minimum absolute atomic E-state index is 0.197. The Morgan fingerprint density at radius 2 is 2.38 bits per heavy atom. The summed E-state index contributed by atoms with van der Waals surface area (Å²) in [5.74, 6) is -0.175. The van der Waals surface area contributed by atoms with Crippen LogP contribution < -0.4 is 5.32 Å². The van der Waals surface area contributed by atoms with Gasteiger partial charge in [0.05, 0.1) is 12.3 Å². The van der Waals surface area contributed by atoms with Crippen molar-refractivity contribution in [2.45, 2.75) is 0 Å². The fourth-order valence-electron chi connectivity index (χ4n) is 0.867. The highest BCUT2D eigenvalue weighted by atomic mass is 16.6. The lowest BCUT2D eigenvalue weighted by Crippen LogP contribution is -2.30. The van der Waals surface area contributed by atoms with Gasteiger partial charge in [0, 0.05) is 14.1 Å². The maximum absolute atomic E-state index is 11.0. The topological polar surface area (TPSA) is 101 Å². The Bertz CT molecular complexity index is 425. The fourth-order valence-corrected chi connectivity index (χ4v) is 0.867. The zero-order chi connectivity index (χ0) is 12.1. The van der Waals surface area contributed by atoms with Crippen molar-refractivity contribution in [1.29, 1.82) is 0 Å². The highest BCUT2D eigenvalue weighted by Gasteiger charge is 2.10. The van der Waals surface area contributed by atoms with E-state index < -0.39 is 11.0 Å². The quantitative estimate of drug-likeness (QED) is 0.467. The smallest absolute Gasteiger partial charge is 0.400 e. The molecule has 0 atom stereocenters. The molecule has 1 aromatic rings. The number of hydrazone groups is 1. The number of nitrogens with one attached hydrogen (secondary N) is 1. The van der Waals surface area contributed by atoms with Crippen LogP contribution in [0.2, 0.25) is 0 Å². The van der Waals surface area contributed by atoms with Gasteiger partial charge in [-0.25, -0.2) is 9.80 Å². The standard InChI is InChI=1S/C8H10N4O4/c1-9-8(13)11(2)10-5-6-3-4-7(16-6)12(14)15/h3-5H,1-2H3,(H,9,13). The molecule has 8 nitrogen and oxygen atoms in total. The molecule has 0 fully saturated rings. The number of rotatable bonds is 3. The third-order valence-corrected chi connectivity index (χ3v) is 1.66. The van der Waals surface area contributed by atoms with Crippen molar-refractivity contribution in [3.05, 3.63) is 28.0 Å². The van der Waals surface area contributed by atoms with Crippen LogP contribution in [0.25, 0.3) is 0 Å². The molecule has 0 spiro atoms. The van der Waals surface area contributed by atoms with Gasteiger partial charge in [-0.1, -0.05) is 0 Å². The third-order valence-electron chi connectivity index (χ3n) is 1.66. The largest absolute Gasteiger partial charge is 0.433 e. The maximum atomic E-state index is 11.0. The third kappa shape index (κ3) is 2.80. The Labute approximate surface area is 90.7 Å². The molecule has 8 heteroatoms. The zero-order valence-corrected chi connectivity index (χ0v) is 8.71. The summed E-state index contributed by atoms with van der Waals surface area (Å²) in [6.45, 7) is 0. The van der Waals surface area contributed by atoms with E-state index in [0.717, 1.165) is 5.01 Å². The molecule has 1 N–H and O–H groups in total. The molecule has 0 saturated heterocycles. The lowest BCUT2D eigenvalue weighted by Gasteiger charge is -2.08. The predicted octanol–water partition coefficient (Wildman–Crippen LogP) is 0.793. The lowest BCUT2D eigenvalue weighted by atomic mass is 10.5. The van der Waals surface area contributed by atoms with Gasteiger partial charge in [0.25, 0.3) is 0 Å². The molecule has 0 aromatic carbocycles. The second-order valence-electron chi connectivity index (χ2n) is 2.76. The number of nitro groups is 1. The number of amides is 2. The molecule has 16 heavy (non-hydrogen) atoms. The molecule has 0 radical (unpaired) electrons. The van der Waals surface area contributed by atoms with Crippen molar-refractivity contribution in [3.8, 4) is 0 Å². The van der Waals surface area contributed by atoms with Gasteiger partial charge >= 0.3 is 11.9 Å². The molecule has 0 aliphatic heterocycles. The van der Waals surface area contributed by atoms with Crippen LogP contribution in [0, 0.1) is 10.1 Å². The monoisotopic (exact) mass is 226 g/mol. The highest BCUT2D eigenvalue weighted by molar-refractivity contribution is 5.79. The minimum Gasteiger partial charge on any atom is -0.400 e. The van der Waals surface area contributed by atoms with Crippen molar-refractivity contribution in [2.75, 3.05) is 14.1 Å². The molecule has 1 rings (SSSR count). The molecular weight excluding hydrogens is 216 g/mol. The van der Waals surface area contributed by atoms with E-state index in [1.165, 1.54) is 32.4 Å². The van der Waals surface area contributed by atoms with Crippen LogP contribution in [0.5, 0.6) is 0 Å². The summed E-state index contributed by atoms with van der Waals surface area (Å²) in [6, 6.07) is 2.19. The van der Waals surface area contributed by atoms with Crippen molar-refractivity contribution >= 4 is 18.1 Å². The molecule has 0 saturated carbocycles. The first-order chi connectivity index (χ1) is 7.54. The molecule has 1 heterocycles. The van der Waals surface area contributed by atoms with Gasteiger partial charge in [0.15, 0.2) is 5.76 Å². The van der Waals surface area contributed by atoms with Crippen LogP contribution in [0.15, 0.2) is 21.7 Å². The van der Waals surface area contributed by atoms with Crippen molar-refractivity contribution in [1.82, 2.24) is 10.3 Å². The van der Waals surface area contributed by atoms with E-state index in [1.54, 1.807) is 0 Å². The molecule has 1 aromatic heterocycles. The summed E-state index contributed by atoms with van der Waals surface area (Å²) in [5, 5.41) is 17.4. The van der Waals surface area contributed by atoms with E-state index >= 15 is 0 Å². The number of urea groups is 1. The fraction of sp³-hybridized carbons (Fsp3) is 0.250. The van der Waals surface area contributed by atoms with Gasteiger partial charge in [0.1, 0.15) is 4.92 Å². The first kappa shape index (κ1) is 11.7. The minimum atomic E-state index is -0.653. The van der Waals surface area contributed by atoms with E-state index in [0.29, 0.717) is 0 Å². The SMILES string of the molecule is CNC(=O)N(C)N=Cc1ccc([N+](=O)[O-])o1. The summed E-state index contributed by atoms with van der Waals surface area (Å²) in [5.41, 5.74) is 0. The number of hydrogen-bond donors (Lipinski definition) is 1. The number of furan rings is 1. The van der Waals surface area contributed by atoms with Gasteiger partial charge in [-0.15, -0.1) is 0 Å². The average Bonchev–Trinajstić information content (AvgIpc) is 2.73. The van der Waals surface area contributed by atoms with E-state index in [1.807, 2.05) is 0 Å². The summed E-state index contributed by atoms with van der Waals surface area (Å²) in [6.07, 6.45) is 1.21. The highest BCUT2D eigenvalue weighted by Crippen LogP contribution is 2.13. The summed E-state index contributed by atoms with van der Waals surface area (Å²) in [7, 11) is 2.90. The predicted molar refractivity (Wildman–Crippen MR) is 55.2 cm³/mol. The van der Waals surface area contributed by atoms with E-state index in [-0.39, 0.29) is 11.6 Å². The first-order valence-electron chi connectivity index (χ1n) is 4.28. The van der Waals surface area contributed by atoms with Gasteiger partial charge in [0.2, 0.25) is 0 Å². The van der Waals surface area contributed by atoms with Crippen molar-refractivity contribution in [2.24, 2.45) is 5.10 Å². The van der Waals surface area contributed by atoms with Gasteiger partial charge in [-0.3, -0.25) is 10.1 Å². The molecule has 86 valence electrons.